The molecular weight excluding hydrogens is 290 g/mol. The average molecular weight is 311 g/mol. The number of ether oxygens (including phenoxy) is 3. The van der Waals surface area contributed by atoms with Crippen molar-refractivity contribution < 1.29 is 19.0 Å². The molecule has 0 aromatic heterocycles. The lowest BCUT2D eigenvalue weighted by molar-refractivity contribution is -0.151. The third-order valence-corrected chi connectivity index (χ3v) is 3.80. The molecule has 0 radical (unpaired) electrons. The minimum absolute atomic E-state index is 0.160. The number of hydrogen-bond donors (Lipinski definition) is 1. The summed E-state index contributed by atoms with van der Waals surface area (Å²) in [5.41, 5.74) is 6.65. The van der Waals surface area contributed by atoms with Crippen LogP contribution in [0.3, 0.4) is 0 Å². The predicted molar refractivity (Wildman–Crippen MR) is 82.7 cm³/mol. The van der Waals surface area contributed by atoms with Crippen LogP contribution in [-0.2, 0) is 9.53 Å². The van der Waals surface area contributed by atoms with Gasteiger partial charge in [0.05, 0.1) is 5.75 Å². The van der Waals surface area contributed by atoms with Gasteiger partial charge in [0.25, 0.3) is 0 Å². The third kappa shape index (κ3) is 4.82. The Labute approximate surface area is 129 Å². The molecule has 1 aromatic carbocycles. The van der Waals surface area contributed by atoms with Gasteiger partial charge < -0.3 is 19.9 Å². The van der Waals surface area contributed by atoms with E-state index >= 15 is 0 Å². The van der Waals surface area contributed by atoms with Gasteiger partial charge in [0.2, 0.25) is 6.79 Å². The molecule has 2 rings (SSSR count). The Hall–Kier alpha value is -1.40. The Kier molecular flexibility index (Phi) is 5.00. The van der Waals surface area contributed by atoms with Crippen LogP contribution in [0.4, 0.5) is 0 Å². The number of esters is 1. The quantitative estimate of drug-likeness (QED) is 0.842. The minimum Gasteiger partial charge on any atom is -0.459 e. The fourth-order valence-corrected chi connectivity index (χ4v) is 2.67. The van der Waals surface area contributed by atoms with Crippen LogP contribution in [-0.4, -0.2) is 29.9 Å². The summed E-state index contributed by atoms with van der Waals surface area (Å²) in [6.07, 6.45) is 0. The zero-order valence-corrected chi connectivity index (χ0v) is 13.4. The standard InChI is InChI=1S/C15H21NO4S/c1-15(2,3)20-14(17)8-21-7-11(16)10-4-5-12-13(6-10)19-9-18-12/h4-6,11H,7-9,16H2,1-3H3. The van der Waals surface area contributed by atoms with Gasteiger partial charge in [-0.2, -0.15) is 0 Å². The van der Waals surface area contributed by atoms with Crippen LogP contribution in [0.15, 0.2) is 18.2 Å². The smallest absolute Gasteiger partial charge is 0.316 e. The Balaban J connectivity index is 1.80. The van der Waals surface area contributed by atoms with Crippen molar-refractivity contribution in [2.75, 3.05) is 18.3 Å². The minimum atomic E-state index is -0.447. The number of hydrogen-bond acceptors (Lipinski definition) is 6. The maximum absolute atomic E-state index is 11.6. The van der Waals surface area contributed by atoms with Gasteiger partial charge in [0.15, 0.2) is 11.5 Å². The van der Waals surface area contributed by atoms with Gasteiger partial charge in [-0.15, -0.1) is 11.8 Å². The molecule has 1 aliphatic rings. The fraction of sp³-hybridized carbons (Fsp3) is 0.533. The van der Waals surface area contributed by atoms with Crippen molar-refractivity contribution in [2.24, 2.45) is 5.73 Å². The van der Waals surface area contributed by atoms with Gasteiger partial charge in [-0.05, 0) is 38.5 Å². The number of rotatable bonds is 5. The number of benzene rings is 1. The van der Waals surface area contributed by atoms with Crippen molar-refractivity contribution in [3.63, 3.8) is 0 Å². The zero-order chi connectivity index (χ0) is 15.5. The van der Waals surface area contributed by atoms with Gasteiger partial charge in [-0.25, -0.2) is 0 Å². The fourth-order valence-electron chi connectivity index (χ4n) is 1.88. The highest BCUT2D eigenvalue weighted by molar-refractivity contribution is 7.99. The molecule has 1 atom stereocenters. The van der Waals surface area contributed by atoms with Crippen molar-refractivity contribution in [3.05, 3.63) is 23.8 Å². The van der Waals surface area contributed by atoms with Gasteiger partial charge in [0.1, 0.15) is 5.60 Å². The van der Waals surface area contributed by atoms with Crippen molar-refractivity contribution >= 4 is 17.7 Å². The van der Waals surface area contributed by atoms with Crippen molar-refractivity contribution in [3.8, 4) is 11.5 Å². The second kappa shape index (κ2) is 6.58. The topological polar surface area (TPSA) is 70.8 Å². The molecule has 0 spiro atoms. The first kappa shape index (κ1) is 16.0. The Morgan fingerprint density at radius 3 is 2.81 bits per heavy atom. The first-order valence-corrected chi connectivity index (χ1v) is 7.95. The van der Waals surface area contributed by atoms with E-state index < -0.39 is 5.60 Å². The highest BCUT2D eigenvalue weighted by atomic mass is 32.2. The van der Waals surface area contributed by atoms with E-state index in [-0.39, 0.29) is 18.8 Å². The molecule has 0 fully saturated rings. The summed E-state index contributed by atoms with van der Waals surface area (Å²) >= 11 is 1.47. The molecule has 1 aliphatic heterocycles. The van der Waals surface area contributed by atoms with E-state index in [4.69, 9.17) is 19.9 Å². The normalized spacial score (nSPS) is 14.9. The highest BCUT2D eigenvalue weighted by Gasteiger charge is 2.18. The summed E-state index contributed by atoms with van der Waals surface area (Å²) in [5, 5.41) is 0. The van der Waals surface area contributed by atoms with Crippen LogP contribution in [0.25, 0.3) is 0 Å². The molecular formula is C15H21NO4S. The molecule has 1 unspecified atom stereocenters. The average Bonchev–Trinajstić information content (AvgIpc) is 2.83. The third-order valence-electron chi connectivity index (χ3n) is 2.76. The van der Waals surface area contributed by atoms with Gasteiger partial charge in [-0.1, -0.05) is 6.07 Å². The van der Waals surface area contributed by atoms with E-state index in [2.05, 4.69) is 0 Å². The summed E-state index contributed by atoms with van der Waals surface area (Å²) in [4.78, 5) is 11.6. The Bertz CT molecular complexity index is 513. The molecule has 0 amide bonds. The van der Waals surface area contributed by atoms with E-state index in [1.165, 1.54) is 11.8 Å². The summed E-state index contributed by atoms with van der Waals surface area (Å²) in [7, 11) is 0. The van der Waals surface area contributed by atoms with E-state index in [9.17, 15) is 4.79 Å². The molecule has 6 heteroatoms. The second-order valence-electron chi connectivity index (χ2n) is 5.82. The molecule has 0 bridgehead atoms. The predicted octanol–water partition coefficient (Wildman–Crippen LogP) is 2.49. The highest BCUT2D eigenvalue weighted by Crippen LogP contribution is 2.34. The van der Waals surface area contributed by atoms with Crippen LogP contribution < -0.4 is 15.2 Å². The summed E-state index contributed by atoms with van der Waals surface area (Å²) < 4.78 is 15.8. The monoisotopic (exact) mass is 311 g/mol. The number of fused-ring (bicyclic) bond motifs is 1. The molecule has 0 saturated heterocycles. The van der Waals surface area contributed by atoms with Crippen LogP contribution in [0.1, 0.15) is 32.4 Å². The molecule has 116 valence electrons. The molecule has 5 nitrogen and oxygen atoms in total. The molecule has 1 aromatic rings. The van der Waals surface area contributed by atoms with Crippen molar-refractivity contribution in [2.45, 2.75) is 32.4 Å². The first-order valence-electron chi connectivity index (χ1n) is 6.80. The Morgan fingerprint density at radius 2 is 2.10 bits per heavy atom. The molecule has 21 heavy (non-hydrogen) atoms. The van der Waals surface area contributed by atoms with E-state index in [0.717, 1.165) is 17.1 Å². The first-order chi connectivity index (χ1) is 9.85. The van der Waals surface area contributed by atoms with Crippen molar-refractivity contribution in [1.29, 1.82) is 0 Å². The maximum atomic E-state index is 11.6. The maximum Gasteiger partial charge on any atom is 0.316 e. The van der Waals surface area contributed by atoms with E-state index in [0.29, 0.717) is 11.5 Å². The Morgan fingerprint density at radius 1 is 1.38 bits per heavy atom. The number of carbonyl (C=O) groups excluding carboxylic acids is 1. The van der Waals surface area contributed by atoms with Crippen LogP contribution in [0.5, 0.6) is 11.5 Å². The number of thioether (sulfide) groups is 1. The largest absolute Gasteiger partial charge is 0.459 e. The molecule has 0 aliphatic carbocycles. The molecule has 0 saturated carbocycles. The van der Waals surface area contributed by atoms with E-state index in [1.54, 1.807) is 0 Å². The lowest BCUT2D eigenvalue weighted by Crippen LogP contribution is -2.25. The van der Waals surface area contributed by atoms with E-state index in [1.807, 2.05) is 39.0 Å². The summed E-state index contributed by atoms with van der Waals surface area (Å²) in [5.74, 6) is 2.19. The van der Waals surface area contributed by atoms with Gasteiger partial charge >= 0.3 is 5.97 Å². The van der Waals surface area contributed by atoms with Gasteiger partial charge in [-0.3, -0.25) is 4.79 Å². The van der Waals surface area contributed by atoms with Crippen LogP contribution in [0.2, 0.25) is 0 Å². The number of carbonyl (C=O) groups is 1. The summed E-state index contributed by atoms with van der Waals surface area (Å²) in [6.45, 7) is 5.82. The zero-order valence-electron chi connectivity index (χ0n) is 12.5. The lowest BCUT2D eigenvalue weighted by Gasteiger charge is -2.19. The molecule has 1 heterocycles. The van der Waals surface area contributed by atoms with Crippen LogP contribution >= 0.6 is 11.8 Å². The SMILES string of the molecule is CC(C)(C)OC(=O)CSCC(N)c1ccc2c(c1)OCO2. The number of nitrogens with two attached hydrogens (primary N) is 1. The summed E-state index contributed by atoms with van der Waals surface area (Å²) in [6, 6.07) is 5.51. The lowest BCUT2D eigenvalue weighted by atomic mass is 10.1. The second-order valence-corrected chi connectivity index (χ2v) is 6.85. The van der Waals surface area contributed by atoms with Gasteiger partial charge in [0, 0.05) is 11.8 Å². The molecule has 2 N–H and O–H groups in total. The van der Waals surface area contributed by atoms with Crippen LogP contribution in [0, 0.1) is 0 Å². The van der Waals surface area contributed by atoms with Crippen molar-refractivity contribution in [1.82, 2.24) is 0 Å².